The van der Waals surface area contributed by atoms with Crippen molar-refractivity contribution in [2.75, 3.05) is 5.32 Å². The van der Waals surface area contributed by atoms with Gasteiger partial charge in [0.15, 0.2) is 0 Å². The molecule has 0 unspecified atom stereocenters. The van der Waals surface area contributed by atoms with Crippen LogP contribution in [0.4, 0.5) is 5.69 Å². The number of nitrogens with one attached hydrogen (secondary N) is 1. The van der Waals surface area contributed by atoms with Crippen molar-refractivity contribution < 1.29 is 9.59 Å². The van der Waals surface area contributed by atoms with Crippen LogP contribution in [0, 0.1) is 0 Å². The van der Waals surface area contributed by atoms with E-state index in [9.17, 15) is 9.59 Å². The number of amides is 2. The normalized spacial score (nSPS) is 28.1. The molecule has 0 aliphatic carbocycles. The Balaban J connectivity index is 1.75. The summed E-state index contributed by atoms with van der Waals surface area (Å²) in [6, 6.07) is 17.5. The molecule has 2 saturated heterocycles. The number of fused-ring (bicyclic) bond motifs is 1. The molecule has 5 nitrogen and oxygen atoms in total. The molecule has 0 aromatic heterocycles. The fraction of sp³-hybridized carbons (Fsp3) is 0.385. The van der Waals surface area contributed by atoms with Crippen LogP contribution in [0.2, 0.25) is 0 Å². The van der Waals surface area contributed by atoms with Crippen LogP contribution >= 0.6 is 0 Å². The van der Waals surface area contributed by atoms with Crippen LogP contribution in [0.1, 0.15) is 45.2 Å². The lowest BCUT2D eigenvalue weighted by atomic mass is 9.72. The van der Waals surface area contributed by atoms with E-state index in [0.29, 0.717) is 6.54 Å². The molecule has 0 saturated carbocycles. The van der Waals surface area contributed by atoms with Gasteiger partial charge >= 0.3 is 0 Å². The first-order valence-electron chi connectivity index (χ1n) is 11.1. The molecule has 2 aromatic carbocycles. The first-order chi connectivity index (χ1) is 14.8. The predicted octanol–water partition coefficient (Wildman–Crippen LogP) is 4.06. The van der Waals surface area contributed by atoms with Gasteiger partial charge < -0.3 is 15.1 Å². The van der Waals surface area contributed by atoms with Crippen molar-refractivity contribution in [1.29, 1.82) is 0 Å². The lowest BCUT2D eigenvalue weighted by molar-refractivity contribution is -0.142. The van der Waals surface area contributed by atoms with Crippen LogP contribution in [0.5, 0.6) is 0 Å². The SMILES string of the molecule is CC/C=C1/C(=O)N(Cc2ccccc2)[C@H]2C(=O)N(C(C)(C)C)[C@@H]3Nc4ccccc4[C@]123. The highest BCUT2D eigenvalue weighted by Gasteiger charge is 2.73. The second-order valence-electron chi connectivity index (χ2n) is 9.69. The van der Waals surface area contributed by atoms with Crippen molar-refractivity contribution in [2.45, 2.75) is 63.8 Å². The molecule has 0 radical (unpaired) electrons. The van der Waals surface area contributed by atoms with E-state index in [0.717, 1.165) is 28.8 Å². The molecule has 5 rings (SSSR count). The number of carbonyl (C=O) groups is 2. The number of nitrogens with zero attached hydrogens (tertiary/aromatic N) is 2. The summed E-state index contributed by atoms with van der Waals surface area (Å²) in [5.74, 6) is -0.00981. The molecule has 2 amide bonds. The maximum atomic E-state index is 14.0. The summed E-state index contributed by atoms with van der Waals surface area (Å²) in [6.45, 7) is 8.67. The molecule has 3 aliphatic rings. The number of para-hydroxylation sites is 1. The number of rotatable bonds is 3. The summed E-state index contributed by atoms with van der Waals surface area (Å²) in [4.78, 5) is 31.6. The highest BCUT2D eigenvalue weighted by Crippen LogP contribution is 2.60. The zero-order valence-electron chi connectivity index (χ0n) is 18.6. The molecule has 31 heavy (non-hydrogen) atoms. The van der Waals surface area contributed by atoms with Crippen molar-refractivity contribution >= 4 is 17.5 Å². The number of anilines is 1. The van der Waals surface area contributed by atoms with Crippen LogP contribution < -0.4 is 5.32 Å². The highest BCUT2D eigenvalue weighted by molar-refractivity contribution is 6.09. The molecule has 3 atom stereocenters. The van der Waals surface area contributed by atoms with Crippen LogP contribution in [-0.2, 0) is 21.5 Å². The van der Waals surface area contributed by atoms with E-state index in [1.54, 1.807) is 0 Å². The van der Waals surface area contributed by atoms with E-state index < -0.39 is 11.5 Å². The van der Waals surface area contributed by atoms with Gasteiger partial charge in [0, 0.05) is 23.3 Å². The zero-order valence-corrected chi connectivity index (χ0v) is 18.6. The molecule has 2 aromatic rings. The minimum atomic E-state index is -0.706. The van der Waals surface area contributed by atoms with Gasteiger partial charge in [-0.05, 0) is 44.4 Å². The third-order valence-electron chi connectivity index (χ3n) is 6.83. The Hall–Kier alpha value is -3.08. The summed E-state index contributed by atoms with van der Waals surface area (Å²) in [5, 5.41) is 3.62. The number of hydrogen-bond donors (Lipinski definition) is 1. The smallest absolute Gasteiger partial charge is 0.251 e. The van der Waals surface area contributed by atoms with Crippen LogP contribution in [-0.4, -0.2) is 39.4 Å². The van der Waals surface area contributed by atoms with E-state index in [1.807, 2.05) is 65.3 Å². The molecule has 5 heteroatoms. The Morgan fingerprint density at radius 2 is 1.71 bits per heavy atom. The summed E-state index contributed by atoms with van der Waals surface area (Å²) in [5.41, 5.74) is 2.75. The molecule has 1 spiro atoms. The zero-order chi connectivity index (χ0) is 22.0. The van der Waals surface area contributed by atoms with E-state index in [4.69, 9.17) is 0 Å². The third kappa shape index (κ3) is 2.55. The third-order valence-corrected chi connectivity index (χ3v) is 6.83. The highest BCUT2D eigenvalue weighted by atomic mass is 16.2. The summed E-state index contributed by atoms with van der Waals surface area (Å²) < 4.78 is 0. The van der Waals surface area contributed by atoms with Crippen LogP contribution in [0.15, 0.2) is 66.2 Å². The Kier molecular flexibility index (Phi) is 4.30. The van der Waals surface area contributed by atoms with Crippen molar-refractivity contribution in [1.82, 2.24) is 9.80 Å². The molecule has 3 aliphatic heterocycles. The lowest BCUT2D eigenvalue weighted by Crippen LogP contribution is -2.53. The Morgan fingerprint density at radius 3 is 2.39 bits per heavy atom. The van der Waals surface area contributed by atoms with Gasteiger partial charge in [-0.15, -0.1) is 0 Å². The minimum Gasteiger partial charge on any atom is -0.364 e. The monoisotopic (exact) mass is 415 g/mol. The number of likely N-dealkylation sites (tertiary alicyclic amines) is 2. The Morgan fingerprint density at radius 1 is 1.03 bits per heavy atom. The maximum Gasteiger partial charge on any atom is 0.251 e. The largest absolute Gasteiger partial charge is 0.364 e. The Labute approximate surface area is 183 Å². The molecule has 2 fully saturated rings. The van der Waals surface area contributed by atoms with Crippen LogP contribution in [0.25, 0.3) is 0 Å². The summed E-state index contributed by atoms with van der Waals surface area (Å²) in [7, 11) is 0. The van der Waals surface area contributed by atoms with Gasteiger partial charge in [-0.3, -0.25) is 9.59 Å². The van der Waals surface area contributed by atoms with Gasteiger partial charge in [0.1, 0.15) is 12.2 Å². The maximum absolute atomic E-state index is 14.0. The van der Waals surface area contributed by atoms with Crippen molar-refractivity contribution in [3.63, 3.8) is 0 Å². The lowest BCUT2D eigenvalue weighted by Gasteiger charge is -2.39. The average Bonchev–Trinajstić information content (AvgIpc) is 3.27. The second-order valence-corrected chi connectivity index (χ2v) is 9.69. The standard InChI is InChI=1S/C26H29N3O2/c1-5-11-19-22(30)28(16-17-12-7-6-8-13-17)21-23(31)29(25(2,3)4)24-26(19,21)18-14-9-10-15-20(18)27-24/h6-15,21,24,27H,5,16H2,1-4H3/b19-11-/t21-,24-,26-/m0/s1. The van der Waals surface area contributed by atoms with E-state index in [1.165, 1.54) is 0 Å². The van der Waals surface area contributed by atoms with Crippen LogP contribution in [0.3, 0.4) is 0 Å². The molecule has 1 N–H and O–H groups in total. The number of benzene rings is 2. The van der Waals surface area contributed by atoms with Gasteiger partial charge in [0.25, 0.3) is 5.91 Å². The van der Waals surface area contributed by atoms with Gasteiger partial charge in [-0.1, -0.05) is 61.5 Å². The minimum absolute atomic E-state index is 0.0169. The number of carbonyl (C=O) groups excluding carboxylic acids is 2. The first-order valence-corrected chi connectivity index (χ1v) is 11.1. The van der Waals surface area contributed by atoms with Gasteiger partial charge in [0.05, 0.1) is 5.41 Å². The van der Waals surface area contributed by atoms with E-state index in [-0.39, 0.29) is 23.5 Å². The Bertz CT molecular complexity index is 1090. The molecule has 0 bridgehead atoms. The van der Waals surface area contributed by atoms with E-state index in [2.05, 4.69) is 38.2 Å². The summed E-state index contributed by atoms with van der Waals surface area (Å²) in [6.07, 6.45) is 2.49. The van der Waals surface area contributed by atoms with Crippen molar-refractivity contribution in [3.8, 4) is 0 Å². The van der Waals surface area contributed by atoms with Gasteiger partial charge in [-0.2, -0.15) is 0 Å². The molecular weight excluding hydrogens is 386 g/mol. The van der Waals surface area contributed by atoms with Gasteiger partial charge in [0.2, 0.25) is 5.91 Å². The quantitative estimate of drug-likeness (QED) is 0.769. The predicted molar refractivity (Wildman–Crippen MR) is 121 cm³/mol. The van der Waals surface area contributed by atoms with Crippen molar-refractivity contribution in [2.24, 2.45) is 0 Å². The number of hydrogen-bond acceptors (Lipinski definition) is 3. The van der Waals surface area contributed by atoms with Crippen molar-refractivity contribution in [3.05, 3.63) is 77.4 Å². The fourth-order valence-electron chi connectivity index (χ4n) is 5.79. The first kappa shape index (κ1) is 19.9. The van der Waals surface area contributed by atoms with Gasteiger partial charge in [-0.25, -0.2) is 0 Å². The molecule has 160 valence electrons. The molecular formula is C26H29N3O2. The second kappa shape index (κ2) is 6.71. The fourth-order valence-corrected chi connectivity index (χ4v) is 5.79. The number of allylic oxidation sites excluding steroid dienone is 1. The summed E-state index contributed by atoms with van der Waals surface area (Å²) >= 11 is 0. The molecule has 3 heterocycles. The van der Waals surface area contributed by atoms with E-state index >= 15 is 0 Å². The average molecular weight is 416 g/mol. The topological polar surface area (TPSA) is 52.7 Å².